The molecule has 1 N–H and O–H groups in total. The second kappa shape index (κ2) is 8.73. The predicted molar refractivity (Wildman–Crippen MR) is 94.2 cm³/mol. The molecule has 5 heteroatoms. The summed E-state index contributed by atoms with van der Waals surface area (Å²) in [7, 11) is 1.59. The molecule has 2 rings (SSSR count). The van der Waals surface area contributed by atoms with E-state index in [1.165, 1.54) is 0 Å². The van der Waals surface area contributed by atoms with E-state index in [4.69, 9.17) is 9.47 Å². The first-order valence-electron chi connectivity index (χ1n) is 8.42. The number of amides is 1. The molecule has 1 saturated heterocycles. The third-order valence-electron chi connectivity index (χ3n) is 4.46. The van der Waals surface area contributed by atoms with Crippen molar-refractivity contribution < 1.29 is 19.4 Å². The van der Waals surface area contributed by atoms with E-state index in [-0.39, 0.29) is 31.1 Å². The van der Waals surface area contributed by atoms with Crippen LogP contribution in [0, 0.1) is 5.92 Å². The molecule has 0 radical (unpaired) electrons. The smallest absolute Gasteiger partial charge is 0.260 e. The molecule has 0 aromatic heterocycles. The van der Waals surface area contributed by atoms with Crippen molar-refractivity contribution in [3.05, 3.63) is 29.8 Å². The van der Waals surface area contributed by atoms with Crippen LogP contribution in [0.1, 0.15) is 32.3 Å². The maximum absolute atomic E-state index is 12.5. The number of ether oxygens (including phenoxy) is 2. The standard InChI is InChI=1S/C19H27NO4/c1-4-5-15-8-9-17(18(10-15)23-3)24-13-19(22)20-11-16(12-21)7-6-14(20)2/h4-5,8-10,14,16,21H,6-7,11-13H2,1-3H3/b5-4+. The van der Waals surface area contributed by atoms with Gasteiger partial charge in [-0.25, -0.2) is 0 Å². The van der Waals surface area contributed by atoms with Crippen molar-refractivity contribution in [3.63, 3.8) is 0 Å². The van der Waals surface area contributed by atoms with Crippen LogP contribution in [-0.2, 0) is 4.79 Å². The summed E-state index contributed by atoms with van der Waals surface area (Å²) in [5.74, 6) is 1.28. The summed E-state index contributed by atoms with van der Waals surface area (Å²) in [6, 6.07) is 5.80. The summed E-state index contributed by atoms with van der Waals surface area (Å²) in [5.41, 5.74) is 1.02. The maximum atomic E-state index is 12.5. The van der Waals surface area contributed by atoms with Crippen molar-refractivity contribution in [2.24, 2.45) is 5.92 Å². The van der Waals surface area contributed by atoms with E-state index >= 15 is 0 Å². The molecule has 0 saturated carbocycles. The minimum absolute atomic E-state index is 0.0260. The number of nitrogens with zero attached hydrogens (tertiary/aromatic N) is 1. The highest BCUT2D eigenvalue weighted by atomic mass is 16.5. The zero-order valence-corrected chi connectivity index (χ0v) is 14.7. The molecule has 0 aliphatic carbocycles. The fourth-order valence-corrected chi connectivity index (χ4v) is 3.00. The van der Waals surface area contributed by atoms with Crippen LogP contribution in [-0.4, -0.2) is 48.8 Å². The molecule has 1 aromatic carbocycles. The number of carbonyl (C=O) groups is 1. The normalized spacial score (nSPS) is 21.1. The molecule has 2 atom stereocenters. The summed E-state index contributed by atoms with van der Waals surface area (Å²) >= 11 is 0. The first-order valence-corrected chi connectivity index (χ1v) is 8.42. The van der Waals surface area contributed by atoms with Crippen LogP contribution in [0.25, 0.3) is 6.08 Å². The quantitative estimate of drug-likeness (QED) is 0.870. The fraction of sp³-hybridized carbons (Fsp3) is 0.526. The van der Waals surface area contributed by atoms with E-state index in [2.05, 4.69) is 0 Å². The Balaban J connectivity index is 2.00. The molecule has 1 aromatic rings. The minimum Gasteiger partial charge on any atom is -0.493 e. The van der Waals surface area contributed by atoms with Gasteiger partial charge in [0.1, 0.15) is 0 Å². The summed E-state index contributed by atoms with van der Waals surface area (Å²) in [6.07, 6.45) is 5.80. The second-order valence-corrected chi connectivity index (χ2v) is 6.22. The van der Waals surface area contributed by atoms with Gasteiger partial charge in [0.05, 0.1) is 7.11 Å². The zero-order chi connectivity index (χ0) is 17.5. The van der Waals surface area contributed by atoms with Crippen LogP contribution in [0.2, 0.25) is 0 Å². The minimum atomic E-state index is -0.0553. The number of hydrogen-bond donors (Lipinski definition) is 1. The highest BCUT2D eigenvalue weighted by Gasteiger charge is 2.28. The number of likely N-dealkylation sites (tertiary alicyclic amines) is 1. The number of benzene rings is 1. The topological polar surface area (TPSA) is 59.0 Å². The van der Waals surface area contributed by atoms with Gasteiger partial charge in [-0.15, -0.1) is 0 Å². The average molecular weight is 333 g/mol. The molecule has 5 nitrogen and oxygen atoms in total. The number of allylic oxidation sites excluding steroid dienone is 1. The van der Waals surface area contributed by atoms with E-state index in [1.807, 2.05) is 49.1 Å². The van der Waals surface area contributed by atoms with Gasteiger partial charge in [0.15, 0.2) is 18.1 Å². The van der Waals surface area contributed by atoms with Crippen molar-refractivity contribution >= 4 is 12.0 Å². The van der Waals surface area contributed by atoms with Crippen LogP contribution in [0.4, 0.5) is 0 Å². The number of carbonyl (C=O) groups excluding carboxylic acids is 1. The average Bonchev–Trinajstić information content (AvgIpc) is 2.60. The Morgan fingerprint density at radius 2 is 2.17 bits per heavy atom. The number of aliphatic hydroxyl groups is 1. The lowest BCUT2D eigenvalue weighted by Crippen LogP contribution is -2.48. The first-order chi connectivity index (χ1) is 11.6. The summed E-state index contributed by atoms with van der Waals surface area (Å²) in [5, 5.41) is 9.33. The number of methoxy groups -OCH3 is 1. The Morgan fingerprint density at radius 3 is 2.83 bits per heavy atom. The number of hydrogen-bond acceptors (Lipinski definition) is 4. The molecular formula is C19H27NO4. The largest absolute Gasteiger partial charge is 0.493 e. The molecule has 1 heterocycles. The van der Waals surface area contributed by atoms with Crippen LogP contribution < -0.4 is 9.47 Å². The maximum Gasteiger partial charge on any atom is 0.260 e. The lowest BCUT2D eigenvalue weighted by atomic mass is 9.94. The van der Waals surface area contributed by atoms with Gasteiger partial charge in [-0.05, 0) is 50.3 Å². The highest BCUT2D eigenvalue weighted by Crippen LogP contribution is 2.29. The second-order valence-electron chi connectivity index (χ2n) is 6.22. The van der Waals surface area contributed by atoms with E-state index in [0.29, 0.717) is 18.0 Å². The Hall–Kier alpha value is -2.01. The molecule has 1 amide bonds. The lowest BCUT2D eigenvalue weighted by molar-refractivity contribution is -0.138. The van der Waals surface area contributed by atoms with Gasteiger partial charge in [-0.3, -0.25) is 4.79 Å². The third kappa shape index (κ3) is 4.51. The first kappa shape index (κ1) is 18.3. The monoisotopic (exact) mass is 333 g/mol. The highest BCUT2D eigenvalue weighted by molar-refractivity contribution is 5.78. The van der Waals surface area contributed by atoms with Crippen LogP contribution in [0.3, 0.4) is 0 Å². The lowest BCUT2D eigenvalue weighted by Gasteiger charge is -2.37. The van der Waals surface area contributed by atoms with Crippen molar-refractivity contribution in [1.29, 1.82) is 0 Å². The predicted octanol–water partition coefficient (Wildman–Crippen LogP) is 2.73. The van der Waals surface area contributed by atoms with Crippen LogP contribution in [0.15, 0.2) is 24.3 Å². The molecule has 0 spiro atoms. The third-order valence-corrected chi connectivity index (χ3v) is 4.46. The van der Waals surface area contributed by atoms with Crippen LogP contribution in [0.5, 0.6) is 11.5 Å². The van der Waals surface area contributed by atoms with E-state index in [9.17, 15) is 9.90 Å². The van der Waals surface area contributed by atoms with Gasteiger partial charge in [0.2, 0.25) is 0 Å². The Morgan fingerprint density at radius 1 is 1.38 bits per heavy atom. The number of rotatable bonds is 6. The molecule has 132 valence electrons. The molecular weight excluding hydrogens is 306 g/mol. The molecule has 2 unspecified atom stereocenters. The fourth-order valence-electron chi connectivity index (χ4n) is 3.00. The summed E-state index contributed by atoms with van der Waals surface area (Å²) < 4.78 is 11.0. The van der Waals surface area contributed by atoms with Gasteiger partial charge in [0, 0.05) is 19.2 Å². The molecule has 0 bridgehead atoms. The van der Waals surface area contributed by atoms with Crippen LogP contribution >= 0.6 is 0 Å². The van der Waals surface area contributed by atoms with E-state index < -0.39 is 0 Å². The summed E-state index contributed by atoms with van der Waals surface area (Å²) in [4.78, 5) is 14.3. The Bertz CT molecular complexity index is 585. The van der Waals surface area contributed by atoms with Gasteiger partial charge < -0.3 is 19.5 Å². The SMILES string of the molecule is C/C=C/c1ccc(OCC(=O)N2CC(CO)CCC2C)c(OC)c1. The van der Waals surface area contributed by atoms with Gasteiger partial charge in [0.25, 0.3) is 5.91 Å². The van der Waals surface area contributed by atoms with E-state index in [0.717, 1.165) is 18.4 Å². The van der Waals surface area contributed by atoms with Gasteiger partial charge in [-0.1, -0.05) is 18.2 Å². The molecule has 24 heavy (non-hydrogen) atoms. The van der Waals surface area contributed by atoms with E-state index in [1.54, 1.807) is 7.11 Å². The van der Waals surface area contributed by atoms with Gasteiger partial charge >= 0.3 is 0 Å². The summed E-state index contributed by atoms with van der Waals surface area (Å²) in [6.45, 7) is 4.68. The van der Waals surface area contributed by atoms with Crippen molar-refractivity contribution in [3.8, 4) is 11.5 Å². The zero-order valence-electron chi connectivity index (χ0n) is 14.7. The van der Waals surface area contributed by atoms with Crippen molar-refractivity contribution in [1.82, 2.24) is 4.90 Å². The number of piperidine rings is 1. The van der Waals surface area contributed by atoms with Crippen molar-refractivity contribution in [2.45, 2.75) is 32.7 Å². The number of aliphatic hydroxyl groups excluding tert-OH is 1. The molecule has 1 aliphatic heterocycles. The van der Waals surface area contributed by atoms with Gasteiger partial charge in [-0.2, -0.15) is 0 Å². The van der Waals surface area contributed by atoms with Crippen molar-refractivity contribution in [2.75, 3.05) is 26.9 Å². The Kier molecular flexibility index (Phi) is 6.67. The Labute approximate surface area is 143 Å². The molecule has 1 aliphatic rings. The molecule has 1 fully saturated rings.